The fourth-order valence-electron chi connectivity index (χ4n) is 1.93. The number of aromatic nitrogens is 4. The monoisotopic (exact) mass is 236 g/mol. The number of nitrogens with zero attached hydrogens (tertiary/aromatic N) is 2. The van der Waals surface area contributed by atoms with Gasteiger partial charge in [-0.2, -0.15) is 0 Å². The lowest BCUT2D eigenvalue weighted by molar-refractivity contribution is 0.635. The molecule has 6 heteroatoms. The second kappa shape index (κ2) is 4.20. The van der Waals surface area contributed by atoms with E-state index in [-0.39, 0.29) is 5.92 Å². The molecule has 0 aliphatic carbocycles. The smallest absolute Gasteiger partial charge is 0.329 e. The second-order valence-corrected chi connectivity index (χ2v) is 4.33. The molecule has 2 rings (SSSR count). The average Bonchev–Trinajstić information content (AvgIpc) is 2.72. The highest BCUT2D eigenvalue weighted by Crippen LogP contribution is 2.18. The third-order valence-electron chi connectivity index (χ3n) is 2.96. The first-order valence-corrected chi connectivity index (χ1v) is 5.73. The summed E-state index contributed by atoms with van der Waals surface area (Å²) < 4.78 is 1.34. The van der Waals surface area contributed by atoms with Crippen molar-refractivity contribution in [1.82, 2.24) is 19.5 Å². The molecule has 0 spiro atoms. The molecular formula is C11H16N4O2. The zero-order valence-corrected chi connectivity index (χ0v) is 10.2. The Morgan fingerprint density at radius 2 is 2.06 bits per heavy atom. The Bertz CT molecular complexity index is 650. The fraction of sp³-hybridized carbons (Fsp3) is 0.545. The average molecular weight is 236 g/mol. The molecule has 0 aliphatic heterocycles. The highest BCUT2D eigenvalue weighted by atomic mass is 16.2. The van der Waals surface area contributed by atoms with Crippen molar-refractivity contribution in [2.24, 2.45) is 7.05 Å². The lowest BCUT2D eigenvalue weighted by atomic mass is 10.1. The van der Waals surface area contributed by atoms with Gasteiger partial charge in [0.2, 0.25) is 0 Å². The third-order valence-corrected chi connectivity index (χ3v) is 2.96. The molecule has 2 heterocycles. The SMILES string of the molecule is CCCC(C)c1nc2c([nH]1)c(=O)[nH]c(=O)n2C. The summed E-state index contributed by atoms with van der Waals surface area (Å²) in [5, 5.41) is 0. The molecule has 2 aromatic rings. The normalized spacial score (nSPS) is 13.1. The van der Waals surface area contributed by atoms with Crippen molar-refractivity contribution in [3.63, 3.8) is 0 Å². The Balaban J connectivity index is 2.65. The van der Waals surface area contributed by atoms with Gasteiger partial charge in [-0.05, 0) is 6.42 Å². The van der Waals surface area contributed by atoms with E-state index in [0.717, 1.165) is 18.7 Å². The van der Waals surface area contributed by atoms with Crippen molar-refractivity contribution in [2.75, 3.05) is 0 Å². The van der Waals surface area contributed by atoms with E-state index in [0.29, 0.717) is 11.2 Å². The molecule has 0 aliphatic rings. The zero-order valence-electron chi connectivity index (χ0n) is 10.2. The minimum absolute atomic E-state index is 0.252. The Morgan fingerprint density at radius 3 is 2.71 bits per heavy atom. The fourth-order valence-corrected chi connectivity index (χ4v) is 1.93. The lowest BCUT2D eigenvalue weighted by Gasteiger charge is -2.04. The number of imidazole rings is 1. The number of aromatic amines is 2. The summed E-state index contributed by atoms with van der Waals surface area (Å²) in [4.78, 5) is 32.6. The van der Waals surface area contributed by atoms with Gasteiger partial charge < -0.3 is 4.98 Å². The Hall–Kier alpha value is -1.85. The van der Waals surface area contributed by atoms with Crippen molar-refractivity contribution in [3.8, 4) is 0 Å². The van der Waals surface area contributed by atoms with Crippen LogP contribution in [0.5, 0.6) is 0 Å². The summed E-state index contributed by atoms with van der Waals surface area (Å²) >= 11 is 0. The molecular weight excluding hydrogens is 220 g/mol. The number of rotatable bonds is 3. The van der Waals surface area contributed by atoms with Crippen LogP contribution in [0, 0.1) is 0 Å². The first-order chi connectivity index (χ1) is 8.04. The van der Waals surface area contributed by atoms with Gasteiger partial charge in [-0.15, -0.1) is 0 Å². The van der Waals surface area contributed by atoms with Crippen molar-refractivity contribution in [1.29, 1.82) is 0 Å². The van der Waals surface area contributed by atoms with E-state index < -0.39 is 11.2 Å². The molecule has 2 aromatic heterocycles. The van der Waals surface area contributed by atoms with Gasteiger partial charge in [0, 0.05) is 13.0 Å². The van der Waals surface area contributed by atoms with E-state index in [1.807, 2.05) is 6.92 Å². The first-order valence-electron chi connectivity index (χ1n) is 5.73. The minimum Gasteiger partial charge on any atom is -0.336 e. The van der Waals surface area contributed by atoms with Gasteiger partial charge in [0.15, 0.2) is 5.65 Å². The number of aryl methyl sites for hydroxylation is 1. The molecule has 0 bridgehead atoms. The predicted molar refractivity (Wildman–Crippen MR) is 65.3 cm³/mol. The largest absolute Gasteiger partial charge is 0.336 e. The molecule has 6 nitrogen and oxygen atoms in total. The molecule has 2 N–H and O–H groups in total. The molecule has 1 unspecified atom stereocenters. The van der Waals surface area contributed by atoms with Gasteiger partial charge in [-0.1, -0.05) is 20.3 Å². The summed E-state index contributed by atoms with van der Waals surface area (Å²) in [6, 6.07) is 0. The third kappa shape index (κ3) is 1.90. The summed E-state index contributed by atoms with van der Waals surface area (Å²) in [7, 11) is 1.59. The van der Waals surface area contributed by atoms with Gasteiger partial charge in [0.25, 0.3) is 5.56 Å². The molecule has 0 aromatic carbocycles. The molecule has 0 saturated heterocycles. The highest BCUT2D eigenvalue weighted by molar-refractivity contribution is 5.69. The molecule has 92 valence electrons. The Morgan fingerprint density at radius 1 is 1.35 bits per heavy atom. The van der Waals surface area contributed by atoms with Gasteiger partial charge in [-0.25, -0.2) is 9.78 Å². The van der Waals surface area contributed by atoms with Gasteiger partial charge in [0.05, 0.1) is 0 Å². The van der Waals surface area contributed by atoms with Crippen LogP contribution in [-0.2, 0) is 7.05 Å². The molecule has 0 saturated carbocycles. The second-order valence-electron chi connectivity index (χ2n) is 4.33. The molecule has 17 heavy (non-hydrogen) atoms. The predicted octanol–water partition coefficient (Wildman–Crippen LogP) is 0.853. The van der Waals surface area contributed by atoms with Crippen LogP contribution in [0.3, 0.4) is 0 Å². The zero-order chi connectivity index (χ0) is 12.6. The highest BCUT2D eigenvalue weighted by Gasteiger charge is 2.14. The van der Waals surface area contributed by atoms with Crippen molar-refractivity contribution >= 4 is 11.2 Å². The van der Waals surface area contributed by atoms with Gasteiger partial charge in [0.1, 0.15) is 11.3 Å². The van der Waals surface area contributed by atoms with Crippen LogP contribution in [0.15, 0.2) is 9.59 Å². The summed E-state index contributed by atoms with van der Waals surface area (Å²) in [5.74, 6) is 1.01. The Labute approximate surface area is 97.7 Å². The van der Waals surface area contributed by atoms with Crippen LogP contribution in [0.1, 0.15) is 38.4 Å². The van der Waals surface area contributed by atoms with E-state index in [4.69, 9.17) is 0 Å². The van der Waals surface area contributed by atoms with Crippen LogP contribution in [0.25, 0.3) is 11.2 Å². The van der Waals surface area contributed by atoms with E-state index in [1.54, 1.807) is 7.05 Å². The maximum absolute atomic E-state index is 11.6. The van der Waals surface area contributed by atoms with Gasteiger partial charge in [-0.3, -0.25) is 14.3 Å². The van der Waals surface area contributed by atoms with Crippen molar-refractivity contribution in [2.45, 2.75) is 32.6 Å². The van der Waals surface area contributed by atoms with E-state index in [1.165, 1.54) is 4.57 Å². The van der Waals surface area contributed by atoms with E-state index >= 15 is 0 Å². The standard InChI is InChI=1S/C11H16N4O2/c1-4-5-6(2)8-12-7-9(13-8)15(3)11(17)14-10(7)16/h6H,4-5H2,1-3H3,(H,12,13)(H,14,16,17). The number of hydrogen-bond donors (Lipinski definition) is 2. The van der Waals surface area contributed by atoms with E-state index in [2.05, 4.69) is 21.9 Å². The van der Waals surface area contributed by atoms with Crippen LogP contribution in [0.2, 0.25) is 0 Å². The van der Waals surface area contributed by atoms with Crippen molar-refractivity contribution < 1.29 is 0 Å². The van der Waals surface area contributed by atoms with Crippen LogP contribution >= 0.6 is 0 Å². The summed E-state index contributed by atoms with van der Waals surface area (Å²) in [6.45, 7) is 4.15. The minimum atomic E-state index is -0.441. The van der Waals surface area contributed by atoms with Crippen molar-refractivity contribution in [3.05, 3.63) is 26.7 Å². The number of fused-ring (bicyclic) bond motifs is 1. The maximum Gasteiger partial charge on any atom is 0.329 e. The van der Waals surface area contributed by atoms with Gasteiger partial charge >= 0.3 is 5.69 Å². The van der Waals surface area contributed by atoms with Crippen LogP contribution in [0.4, 0.5) is 0 Å². The van der Waals surface area contributed by atoms with Crippen LogP contribution < -0.4 is 11.2 Å². The number of nitrogens with one attached hydrogen (secondary N) is 2. The summed E-state index contributed by atoms with van der Waals surface area (Å²) in [5.41, 5.74) is -0.0731. The van der Waals surface area contributed by atoms with Crippen LogP contribution in [-0.4, -0.2) is 19.5 Å². The molecule has 0 amide bonds. The quantitative estimate of drug-likeness (QED) is 0.828. The summed E-state index contributed by atoms with van der Waals surface area (Å²) in [6.07, 6.45) is 2.04. The topological polar surface area (TPSA) is 83.5 Å². The Kier molecular flexibility index (Phi) is 2.87. The molecule has 0 radical (unpaired) electrons. The number of hydrogen-bond acceptors (Lipinski definition) is 3. The number of H-pyrrole nitrogens is 2. The first kappa shape index (κ1) is 11.6. The molecule has 1 atom stereocenters. The van der Waals surface area contributed by atoms with E-state index in [9.17, 15) is 9.59 Å². The maximum atomic E-state index is 11.6. The molecule has 0 fully saturated rings. The lowest BCUT2D eigenvalue weighted by Crippen LogP contribution is -2.28.